The molecule has 1 atom stereocenters. The van der Waals surface area contributed by atoms with E-state index < -0.39 is 0 Å². The van der Waals surface area contributed by atoms with E-state index in [1.54, 1.807) is 0 Å². The van der Waals surface area contributed by atoms with E-state index in [1.807, 2.05) is 5.38 Å². The van der Waals surface area contributed by atoms with Crippen LogP contribution in [0.2, 0.25) is 0 Å². The van der Waals surface area contributed by atoms with Crippen molar-refractivity contribution in [2.24, 2.45) is 5.92 Å². The Morgan fingerprint density at radius 1 is 1.64 bits per heavy atom. The van der Waals surface area contributed by atoms with Crippen LogP contribution in [-0.4, -0.2) is 18.1 Å². The number of nitrogens with one attached hydrogen (secondary N) is 1. The third-order valence-electron chi connectivity index (χ3n) is 2.32. The zero-order valence-electron chi connectivity index (χ0n) is 8.92. The van der Waals surface area contributed by atoms with Crippen LogP contribution in [0.4, 0.5) is 5.13 Å². The highest BCUT2D eigenvalue weighted by atomic mass is 32.1. The van der Waals surface area contributed by atoms with Crippen LogP contribution in [0.25, 0.3) is 0 Å². The molecule has 0 aliphatic rings. The molecular weight excluding hydrogens is 194 g/mol. The Morgan fingerprint density at radius 2 is 2.43 bits per heavy atom. The Bertz CT molecular complexity index is 260. The zero-order chi connectivity index (χ0) is 10.4. The lowest BCUT2D eigenvalue weighted by Gasteiger charge is -2.08. The maximum Gasteiger partial charge on any atom is 0.180 e. The van der Waals surface area contributed by atoms with Gasteiger partial charge < -0.3 is 11.1 Å². The second-order valence-corrected chi connectivity index (χ2v) is 4.53. The first-order chi connectivity index (χ1) is 6.72. The fraction of sp³-hybridized carbons (Fsp3) is 0.700. The number of thiazole rings is 1. The third-order valence-corrected chi connectivity index (χ3v) is 3.04. The summed E-state index contributed by atoms with van der Waals surface area (Å²) in [5.41, 5.74) is 6.64. The van der Waals surface area contributed by atoms with E-state index in [0.717, 1.165) is 31.1 Å². The first-order valence-corrected chi connectivity index (χ1v) is 6.01. The van der Waals surface area contributed by atoms with Gasteiger partial charge in [-0.3, -0.25) is 0 Å². The van der Waals surface area contributed by atoms with Gasteiger partial charge in [0.05, 0.1) is 5.69 Å². The van der Waals surface area contributed by atoms with Gasteiger partial charge in [0.15, 0.2) is 5.13 Å². The number of rotatable bonds is 6. The molecular formula is C10H19N3S. The molecule has 3 N–H and O–H groups in total. The minimum absolute atomic E-state index is 0.668. The molecule has 0 aromatic carbocycles. The summed E-state index contributed by atoms with van der Waals surface area (Å²) in [4.78, 5) is 4.20. The van der Waals surface area contributed by atoms with Crippen LogP contribution >= 0.6 is 11.3 Å². The van der Waals surface area contributed by atoms with Crippen LogP contribution < -0.4 is 11.1 Å². The van der Waals surface area contributed by atoms with Crippen molar-refractivity contribution in [3.05, 3.63) is 11.1 Å². The Balaban J connectivity index is 2.10. The molecule has 0 bridgehead atoms. The van der Waals surface area contributed by atoms with Crippen LogP contribution in [-0.2, 0) is 6.42 Å². The average molecular weight is 213 g/mol. The van der Waals surface area contributed by atoms with Crippen molar-refractivity contribution in [3.8, 4) is 0 Å². The van der Waals surface area contributed by atoms with Crippen molar-refractivity contribution in [1.29, 1.82) is 0 Å². The molecule has 1 rings (SSSR count). The molecule has 1 aromatic heterocycles. The lowest BCUT2D eigenvalue weighted by molar-refractivity contribution is 0.501. The molecule has 0 aliphatic heterocycles. The van der Waals surface area contributed by atoms with E-state index in [-0.39, 0.29) is 0 Å². The second-order valence-electron chi connectivity index (χ2n) is 3.64. The minimum atomic E-state index is 0.668. The molecule has 0 saturated carbocycles. The quantitative estimate of drug-likeness (QED) is 0.710. The Morgan fingerprint density at radius 3 is 3.00 bits per heavy atom. The fourth-order valence-corrected chi connectivity index (χ4v) is 1.74. The van der Waals surface area contributed by atoms with Crippen LogP contribution in [0.3, 0.4) is 0 Å². The molecule has 0 spiro atoms. The van der Waals surface area contributed by atoms with Gasteiger partial charge >= 0.3 is 0 Å². The number of nitrogens with zero attached hydrogens (tertiary/aromatic N) is 1. The molecule has 1 unspecified atom stereocenters. The van der Waals surface area contributed by atoms with Crippen LogP contribution in [0.5, 0.6) is 0 Å². The second kappa shape index (κ2) is 5.98. The van der Waals surface area contributed by atoms with Gasteiger partial charge in [-0.05, 0) is 12.5 Å². The van der Waals surface area contributed by atoms with Crippen LogP contribution in [0, 0.1) is 5.92 Å². The standard InChI is InChI=1S/C10H19N3S/c1-3-8(2)6-12-5-4-9-7-14-10(11)13-9/h7-8,12H,3-6H2,1-2H3,(H2,11,13). The van der Waals surface area contributed by atoms with E-state index in [2.05, 4.69) is 24.1 Å². The Hall–Kier alpha value is -0.610. The number of aromatic nitrogens is 1. The maximum absolute atomic E-state index is 5.54. The summed E-state index contributed by atoms with van der Waals surface area (Å²) in [5, 5.41) is 6.11. The first-order valence-electron chi connectivity index (χ1n) is 5.13. The van der Waals surface area contributed by atoms with E-state index in [4.69, 9.17) is 5.73 Å². The van der Waals surface area contributed by atoms with Crippen molar-refractivity contribution < 1.29 is 0 Å². The number of hydrogen-bond acceptors (Lipinski definition) is 4. The molecule has 1 aromatic rings. The smallest absolute Gasteiger partial charge is 0.180 e. The molecule has 0 saturated heterocycles. The maximum atomic E-state index is 5.54. The normalized spacial score (nSPS) is 13.0. The minimum Gasteiger partial charge on any atom is -0.375 e. The Kier molecular flexibility index (Phi) is 4.90. The summed E-state index contributed by atoms with van der Waals surface area (Å²) in [6.07, 6.45) is 2.21. The van der Waals surface area contributed by atoms with E-state index in [0.29, 0.717) is 5.13 Å². The highest BCUT2D eigenvalue weighted by Crippen LogP contribution is 2.10. The van der Waals surface area contributed by atoms with Crippen LogP contribution in [0.15, 0.2) is 5.38 Å². The molecule has 1 heterocycles. The highest BCUT2D eigenvalue weighted by Gasteiger charge is 2.00. The molecule has 0 amide bonds. The van der Waals surface area contributed by atoms with Gasteiger partial charge in [-0.2, -0.15) is 0 Å². The predicted molar refractivity (Wildman–Crippen MR) is 62.6 cm³/mol. The van der Waals surface area contributed by atoms with Gasteiger partial charge in [-0.15, -0.1) is 11.3 Å². The van der Waals surface area contributed by atoms with Gasteiger partial charge in [0, 0.05) is 18.3 Å². The van der Waals surface area contributed by atoms with Crippen molar-refractivity contribution in [3.63, 3.8) is 0 Å². The molecule has 4 heteroatoms. The summed E-state index contributed by atoms with van der Waals surface area (Å²) in [7, 11) is 0. The van der Waals surface area contributed by atoms with Gasteiger partial charge in [0.1, 0.15) is 0 Å². The zero-order valence-corrected chi connectivity index (χ0v) is 9.73. The lowest BCUT2D eigenvalue weighted by atomic mass is 10.1. The Labute approximate surface area is 89.7 Å². The average Bonchev–Trinajstić information content (AvgIpc) is 2.58. The van der Waals surface area contributed by atoms with Gasteiger partial charge in [-0.1, -0.05) is 20.3 Å². The molecule has 14 heavy (non-hydrogen) atoms. The number of anilines is 1. The monoisotopic (exact) mass is 213 g/mol. The van der Waals surface area contributed by atoms with Crippen molar-refractivity contribution >= 4 is 16.5 Å². The van der Waals surface area contributed by atoms with Gasteiger partial charge in [0.25, 0.3) is 0 Å². The molecule has 80 valence electrons. The number of nitrogen functional groups attached to an aromatic ring is 1. The van der Waals surface area contributed by atoms with E-state index >= 15 is 0 Å². The molecule has 0 radical (unpaired) electrons. The summed E-state index contributed by atoms with van der Waals surface area (Å²) in [6.45, 7) is 6.56. The van der Waals surface area contributed by atoms with E-state index in [9.17, 15) is 0 Å². The van der Waals surface area contributed by atoms with E-state index in [1.165, 1.54) is 17.8 Å². The number of nitrogens with two attached hydrogens (primary N) is 1. The largest absolute Gasteiger partial charge is 0.375 e. The molecule has 0 fully saturated rings. The van der Waals surface area contributed by atoms with Crippen molar-refractivity contribution in [2.45, 2.75) is 26.7 Å². The summed E-state index contributed by atoms with van der Waals surface area (Å²) in [6, 6.07) is 0. The van der Waals surface area contributed by atoms with Crippen molar-refractivity contribution in [2.75, 3.05) is 18.8 Å². The summed E-state index contributed by atoms with van der Waals surface area (Å²) >= 11 is 1.51. The summed E-state index contributed by atoms with van der Waals surface area (Å²) in [5.74, 6) is 0.760. The highest BCUT2D eigenvalue weighted by molar-refractivity contribution is 7.13. The fourth-order valence-electron chi connectivity index (χ4n) is 1.15. The van der Waals surface area contributed by atoms with Gasteiger partial charge in [-0.25, -0.2) is 4.98 Å². The van der Waals surface area contributed by atoms with Crippen LogP contribution in [0.1, 0.15) is 26.0 Å². The lowest BCUT2D eigenvalue weighted by Crippen LogP contribution is -2.23. The first kappa shape index (κ1) is 11.5. The summed E-state index contributed by atoms with van der Waals surface area (Å²) < 4.78 is 0. The molecule has 0 aliphatic carbocycles. The SMILES string of the molecule is CCC(C)CNCCc1csc(N)n1. The molecule has 3 nitrogen and oxygen atoms in total. The number of hydrogen-bond donors (Lipinski definition) is 2. The predicted octanol–water partition coefficient (Wildman–Crippen LogP) is 1.90. The topological polar surface area (TPSA) is 50.9 Å². The third kappa shape index (κ3) is 4.07. The van der Waals surface area contributed by atoms with Gasteiger partial charge in [0.2, 0.25) is 0 Å². The van der Waals surface area contributed by atoms with Crippen molar-refractivity contribution in [1.82, 2.24) is 10.3 Å².